The number of hydrogen-bond acceptors (Lipinski definition) is 5. The van der Waals surface area contributed by atoms with E-state index in [2.05, 4.69) is 0 Å². The lowest BCUT2D eigenvalue weighted by atomic mass is 9.92. The lowest BCUT2D eigenvalue weighted by molar-refractivity contribution is -0.151. The highest BCUT2D eigenvalue weighted by molar-refractivity contribution is 5.80. The highest BCUT2D eigenvalue weighted by atomic mass is 16.5. The smallest absolute Gasteiger partial charge is 0.326 e. The Kier molecular flexibility index (Phi) is 8.02. The number of ether oxygens (including phenoxy) is 3. The topological polar surface area (TPSA) is 70.8 Å². The van der Waals surface area contributed by atoms with Crippen molar-refractivity contribution in [2.75, 3.05) is 33.5 Å². The zero-order valence-electron chi connectivity index (χ0n) is 12.0. The molecular weight excluding hydrogens is 246 g/mol. The zero-order valence-corrected chi connectivity index (χ0v) is 12.0. The number of esters is 1. The van der Waals surface area contributed by atoms with Crippen LogP contribution in [0.15, 0.2) is 0 Å². The second-order valence-electron chi connectivity index (χ2n) is 5.16. The standard InChI is InChI=1S/C14H27NO4/c1-17-11-12-18-9-6-10-19-13(16)14(15)7-4-2-3-5-8-14/h2-12,15H2,1H3. The van der Waals surface area contributed by atoms with Gasteiger partial charge in [-0.2, -0.15) is 0 Å². The van der Waals surface area contributed by atoms with Crippen LogP contribution in [0, 0.1) is 0 Å². The molecule has 0 spiro atoms. The van der Waals surface area contributed by atoms with E-state index in [0.717, 1.165) is 25.7 Å². The summed E-state index contributed by atoms with van der Waals surface area (Å²) in [5.74, 6) is -0.244. The molecule has 2 N–H and O–H groups in total. The Morgan fingerprint density at radius 1 is 1.05 bits per heavy atom. The lowest BCUT2D eigenvalue weighted by Crippen LogP contribution is -2.48. The van der Waals surface area contributed by atoms with Gasteiger partial charge in [0, 0.05) is 20.1 Å². The van der Waals surface area contributed by atoms with Crippen LogP contribution in [0.3, 0.4) is 0 Å². The van der Waals surface area contributed by atoms with Gasteiger partial charge in [-0.1, -0.05) is 25.7 Å². The molecule has 5 heteroatoms. The normalized spacial score (nSPS) is 18.8. The molecule has 0 aliphatic heterocycles. The number of methoxy groups -OCH3 is 1. The van der Waals surface area contributed by atoms with Crippen LogP contribution in [0.1, 0.15) is 44.9 Å². The van der Waals surface area contributed by atoms with Crippen molar-refractivity contribution in [3.8, 4) is 0 Å². The van der Waals surface area contributed by atoms with Gasteiger partial charge in [0.05, 0.1) is 19.8 Å². The van der Waals surface area contributed by atoms with Crippen molar-refractivity contribution in [3.63, 3.8) is 0 Å². The first-order valence-corrected chi connectivity index (χ1v) is 7.22. The van der Waals surface area contributed by atoms with Crippen LogP contribution >= 0.6 is 0 Å². The van der Waals surface area contributed by atoms with E-state index in [1.54, 1.807) is 7.11 Å². The van der Waals surface area contributed by atoms with Crippen LogP contribution in [0.2, 0.25) is 0 Å². The molecule has 0 saturated heterocycles. The van der Waals surface area contributed by atoms with Crippen LogP contribution in [0.4, 0.5) is 0 Å². The first kappa shape index (κ1) is 16.4. The summed E-state index contributed by atoms with van der Waals surface area (Å²) in [5, 5.41) is 0. The summed E-state index contributed by atoms with van der Waals surface area (Å²) in [6.45, 7) is 2.12. The fourth-order valence-electron chi connectivity index (χ4n) is 2.28. The van der Waals surface area contributed by atoms with Crippen molar-refractivity contribution in [2.45, 2.75) is 50.5 Å². The van der Waals surface area contributed by atoms with Crippen molar-refractivity contribution in [1.82, 2.24) is 0 Å². The molecule has 0 unspecified atom stereocenters. The molecule has 1 rings (SSSR count). The fraction of sp³-hybridized carbons (Fsp3) is 0.929. The Morgan fingerprint density at radius 2 is 1.74 bits per heavy atom. The summed E-state index contributed by atoms with van der Waals surface area (Å²) < 4.78 is 15.4. The van der Waals surface area contributed by atoms with E-state index in [1.807, 2.05) is 0 Å². The molecule has 1 aliphatic rings. The summed E-state index contributed by atoms with van der Waals surface area (Å²) in [6.07, 6.45) is 6.56. The molecule has 19 heavy (non-hydrogen) atoms. The minimum atomic E-state index is -0.757. The van der Waals surface area contributed by atoms with Crippen molar-refractivity contribution >= 4 is 5.97 Å². The third-order valence-electron chi connectivity index (χ3n) is 3.50. The van der Waals surface area contributed by atoms with E-state index in [4.69, 9.17) is 19.9 Å². The lowest BCUT2D eigenvalue weighted by Gasteiger charge is -2.25. The molecule has 0 heterocycles. The molecule has 0 aromatic rings. The maximum Gasteiger partial charge on any atom is 0.326 e. The van der Waals surface area contributed by atoms with Gasteiger partial charge in [-0.15, -0.1) is 0 Å². The van der Waals surface area contributed by atoms with Crippen LogP contribution in [0.25, 0.3) is 0 Å². The number of carbonyl (C=O) groups is 1. The van der Waals surface area contributed by atoms with Gasteiger partial charge in [-0.05, 0) is 12.8 Å². The third kappa shape index (κ3) is 6.36. The maximum absolute atomic E-state index is 12.0. The predicted molar refractivity (Wildman–Crippen MR) is 72.9 cm³/mol. The second kappa shape index (κ2) is 9.28. The zero-order chi connectivity index (χ0) is 14.0. The van der Waals surface area contributed by atoms with Crippen molar-refractivity contribution in [3.05, 3.63) is 0 Å². The number of rotatable bonds is 8. The van der Waals surface area contributed by atoms with E-state index in [0.29, 0.717) is 32.8 Å². The summed E-state index contributed by atoms with van der Waals surface area (Å²) in [6, 6.07) is 0. The molecule has 0 aromatic carbocycles. The Morgan fingerprint density at radius 3 is 2.37 bits per heavy atom. The van der Waals surface area contributed by atoms with E-state index in [9.17, 15) is 4.79 Å². The van der Waals surface area contributed by atoms with Gasteiger partial charge in [0.25, 0.3) is 0 Å². The highest BCUT2D eigenvalue weighted by Gasteiger charge is 2.35. The van der Waals surface area contributed by atoms with Gasteiger partial charge >= 0.3 is 5.97 Å². The molecule has 0 amide bonds. The quantitative estimate of drug-likeness (QED) is 0.413. The number of nitrogens with two attached hydrogens (primary N) is 1. The summed E-state index contributed by atoms with van der Waals surface area (Å²) in [5.41, 5.74) is 5.40. The third-order valence-corrected chi connectivity index (χ3v) is 3.50. The second-order valence-corrected chi connectivity index (χ2v) is 5.16. The highest BCUT2D eigenvalue weighted by Crippen LogP contribution is 2.26. The largest absolute Gasteiger partial charge is 0.464 e. The van der Waals surface area contributed by atoms with Gasteiger partial charge in [0.15, 0.2) is 0 Å². The number of hydrogen-bond donors (Lipinski definition) is 1. The molecule has 5 nitrogen and oxygen atoms in total. The predicted octanol–water partition coefficient (Wildman–Crippen LogP) is 1.63. The van der Waals surface area contributed by atoms with Crippen molar-refractivity contribution < 1.29 is 19.0 Å². The molecule has 0 radical (unpaired) electrons. The maximum atomic E-state index is 12.0. The Hall–Kier alpha value is -0.650. The Labute approximate surface area is 115 Å². The van der Waals surface area contributed by atoms with E-state index >= 15 is 0 Å². The first-order chi connectivity index (χ1) is 9.19. The van der Waals surface area contributed by atoms with Gasteiger partial charge in [-0.3, -0.25) is 4.79 Å². The van der Waals surface area contributed by atoms with Crippen LogP contribution < -0.4 is 5.73 Å². The minimum Gasteiger partial charge on any atom is -0.464 e. The summed E-state index contributed by atoms with van der Waals surface area (Å²) in [7, 11) is 1.64. The monoisotopic (exact) mass is 273 g/mol. The molecule has 0 aromatic heterocycles. The molecule has 1 aliphatic carbocycles. The Bertz CT molecular complexity index is 250. The summed E-state index contributed by atoms with van der Waals surface area (Å²) in [4.78, 5) is 12.0. The van der Waals surface area contributed by atoms with E-state index < -0.39 is 5.54 Å². The summed E-state index contributed by atoms with van der Waals surface area (Å²) >= 11 is 0. The van der Waals surface area contributed by atoms with Gasteiger partial charge < -0.3 is 19.9 Å². The average molecular weight is 273 g/mol. The van der Waals surface area contributed by atoms with Crippen LogP contribution in [-0.2, 0) is 19.0 Å². The van der Waals surface area contributed by atoms with Gasteiger partial charge in [0.1, 0.15) is 5.54 Å². The fourth-order valence-corrected chi connectivity index (χ4v) is 2.28. The molecular formula is C14H27NO4. The molecule has 112 valence electrons. The SMILES string of the molecule is COCCOCCCOC(=O)C1(N)CCCCCC1. The molecule has 0 bridgehead atoms. The van der Waals surface area contributed by atoms with Gasteiger partial charge in [-0.25, -0.2) is 0 Å². The molecule has 1 saturated carbocycles. The first-order valence-electron chi connectivity index (χ1n) is 7.22. The minimum absolute atomic E-state index is 0.244. The molecule has 1 fully saturated rings. The van der Waals surface area contributed by atoms with Gasteiger partial charge in [0.2, 0.25) is 0 Å². The average Bonchev–Trinajstić information content (AvgIpc) is 2.63. The van der Waals surface area contributed by atoms with Crippen molar-refractivity contribution in [2.24, 2.45) is 5.73 Å². The Balaban J connectivity index is 2.12. The molecule has 0 atom stereocenters. The van der Waals surface area contributed by atoms with Crippen molar-refractivity contribution in [1.29, 1.82) is 0 Å². The van der Waals surface area contributed by atoms with Crippen LogP contribution in [0.5, 0.6) is 0 Å². The number of carbonyl (C=O) groups excluding carboxylic acids is 1. The van der Waals surface area contributed by atoms with E-state index in [1.165, 1.54) is 12.8 Å². The van der Waals surface area contributed by atoms with Crippen LogP contribution in [-0.4, -0.2) is 45.0 Å². The van der Waals surface area contributed by atoms with E-state index in [-0.39, 0.29) is 5.97 Å².